The Kier molecular flexibility index (Phi) is 6.30. The van der Waals surface area contributed by atoms with Crippen molar-refractivity contribution in [2.24, 2.45) is 12.8 Å². The molecule has 1 amide bonds. The number of carbonyl (C=O) groups is 1. The summed E-state index contributed by atoms with van der Waals surface area (Å²) in [5.41, 5.74) is 7.02. The van der Waals surface area contributed by atoms with Gasteiger partial charge in [0.15, 0.2) is 10.3 Å². The zero-order chi connectivity index (χ0) is 19.2. The third-order valence-electron chi connectivity index (χ3n) is 3.58. The first-order chi connectivity index (χ1) is 13.0. The second-order valence-electron chi connectivity index (χ2n) is 5.62. The fourth-order valence-corrected chi connectivity index (χ4v) is 3.69. The first-order valence-corrected chi connectivity index (χ1v) is 10.2. The molecule has 0 fully saturated rings. The number of thioether (sulfide) groups is 1. The molecule has 0 spiro atoms. The van der Waals surface area contributed by atoms with E-state index < -0.39 is 0 Å². The molecule has 0 radical (unpaired) electrons. The van der Waals surface area contributed by atoms with Crippen molar-refractivity contribution in [2.45, 2.75) is 18.5 Å². The van der Waals surface area contributed by atoms with E-state index in [9.17, 15) is 4.79 Å². The molecule has 2 aromatic heterocycles. The minimum Gasteiger partial charge on any atom is -0.494 e. The zero-order valence-corrected chi connectivity index (χ0v) is 16.6. The SMILES string of the molecule is CCOc1ccc(Nc2nc(Cc3nnc(SCC(N)=O)n3C)cs2)cc1. The fraction of sp³-hybridized carbons (Fsp3) is 0.294. The van der Waals surface area contributed by atoms with Crippen LogP contribution in [0.25, 0.3) is 0 Å². The smallest absolute Gasteiger partial charge is 0.227 e. The highest BCUT2D eigenvalue weighted by atomic mass is 32.2. The molecule has 1 aromatic carbocycles. The highest BCUT2D eigenvalue weighted by Crippen LogP contribution is 2.24. The molecule has 2 heterocycles. The molecule has 0 unspecified atom stereocenters. The standard InChI is InChI=1S/C17H20N6O2S2/c1-3-25-13-6-4-11(5-7-13)19-16-20-12(9-26-16)8-15-21-22-17(23(15)2)27-10-14(18)24/h4-7,9H,3,8,10H2,1-2H3,(H2,18,24)(H,19,20). The van der Waals surface area contributed by atoms with E-state index in [0.717, 1.165) is 28.1 Å². The van der Waals surface area contributed by atoms with E-state index in [2.05, 4.69) is 20.5 Å². The lowest BCUT2D eigenvalue weighted by Gasteiger charge is -2.05. The molecule has 0 aliphatic heterocycles. The number of nitrogens with two attached hydrogens (primary N) is 1. The maximum atomic E-state index is 10.9. The Hall–Kier alpha value is -2.59. The van der Waals surface area contributed by atoms with Gasteiger partial charge in [-0.1, -0.05) is 11.8 Å². The number of benzene rings is 1. The summed E-state index contributed by atoms with van der Waals surface area (Å²) in [5.74, 6) is 1.42. The van der Waals surface area contributed by atoms with Crippen LogP contribution in [0.3, 0.4) is 0 Å². The molecule has 8 nitrogen and oxygen atoms in total. The number of thiazole rings is 1. The van der Waals surface area contributed by atoms with Gasteiger partial charge in [0.05, 0.1) is 24.5 Å². The maximum Gasteiger partial charge on any atom is 0.227 e. The number of aromatic nitrogens is 4. The van der Waals surface area contributed by atoms with Crippen LogP contribution in [0.4, 0.5) is 10.8 Å². The lowest BCUT2D eigenvalue weighted by molar-refractivity contribution is -0.115. The highest BCUT2D eigenvalue weighted by Gasteiger charge is 2.12. The molecule has 0 atom stereocenters. The molecule has 0 aliphatic rings. The minimum absolute atomic E-state index is 0.179. The molecule has 10 heteroatoms. The molecule has 0 aliphatic carbocycles. The van der Waals surface area contributed by atoms with Crippen LogP contribution in [-0.4, -0.2) is 38.0 Å². The van der Waals surface area contributed by atoms with Gasteiger partial charge in [-0.2, -0.15) is 0 Å². The summed E-state index contributed by atoms with van der Waals surface area (Å²) in [6.45, 7) is 2.60. The molecule has 3 aromatic rings. The van der Waals surface area contributed by atoms with Gasteiger partial charge in [-0.05, 0) is 31.2 Å². The summed E-state index contributed by atoms with van der Waals surface area (Å²) in [6, 6.07) is 7.75. The molecular weight excluding hydrogens is 384 g/mol. The highest BCUT2D eigenvalue weighted by molar-refractivity contribution is 7.99. The average Bonchev–Trinajstić information content (AvgIpc) is 3.23. The maximum absolute atomic E-state index is 10.9. The van der Waals surface area contributed by atoms with E-state index >= 15 is 0 Å². The van der Waals surface area contributed by atoms with Crippen molar-refractivity contribution in [1.29, 1.82) is 0 Å². The van der Waals surface area contributed by atoms with Crippen LogP contribution < -0.4 is 15.8 Å². The summed E-state index contributed by atoms with van der Waals surface area (Å²) in [4.78, 5) is 15.5. The van der Waals surface area contributed by atoms with Gasteiger partial charge in [0.2, 0.25) is 5.91 Å². The molecule has 3 rings (SSSR count). The average molecular weight is 405 g/mol. The normalized spacial score (nSPS) is 10.7. The van der Waals surface area contributed by atoms with E-state index in [0.29, 0.717) is 18.2 Å². The number of nitrogens with one attached hydrogen (secondary N) is 1. The summed E-state index contributed by atoms with van der Waals surface area (Å²) >= 11 is 2.80. The molecular formula is C17H20N6O2S2. The second kappa shape index (κ2) is 8.87. The quantitative estimate of drug-likeness (QED) is 0.528. The number of primary amides is 1. The van der Waals surface area contributed by atoms with Crippen LogP contribution in [0.15, 0.2) is 34.8 Å². The van der Waals surface area contributed by atoms with Gasteiger partial charge >= 0.3 is 0 Å². The monoisotopic (exact) mass is 404 g/mol. The van der Waals surface area contributed by atoms with Crippen molar-refractivity contribution in [3.63, 3.8) is 0 Å². The number of ether oxygens (including phenoxy) is 1. The van der Waals surface area contributed by atoms with E-state index in [1.54, 1.807) is 0 Å². The van der Waals surface area contributed by atoms with Crippen molar-refractivity contribution in [3.8, 4) is 5.75 Å². The van der Waals surface area contributed by atoms with Crippen molar-refractivity contribution >= 4 is 39.8 Å². The topological polar surface area (TPSA) is 108 Å². The van der Waals surface area contributed by atoms with Gasteiger partial charge in [-0.15, -0.1) is 21.5 Å². The summed E-state index contributed by atoms with van der Waals surface area (Å²) < 4.78 is 7.30. The number of hydrogen-bond donors (Lipinski definition) is 2. The Morgan fingerprint density at radius 2 is 2.11 bits per heavy atom. The number of anilines is 2. The lowest BCUT2D eigenvalue weighted by atomic mass is 10.3. The Morgan fingerprint density at radius 1 is 1.33 bits per heavy atom. The van der Waals surface area contributed by atoms with Gasteiger partial charge in [0, 0.05) is 18.1 Å². The number of carbonyl (C=O) groups excluding carboxylic acids is 1. The van der Waals surface area contributed by atoms with Crippen molar-refractivity contribution in [3.05, 3.63) is 41.2 Å². The lowest BCUT2D eigenvalue weighted by Crippen LogP contribution is -2.13. The molecule has 0 saturated heterocycles. The Labute approximate surface area is 165 Å². The Bertz CT molecular complexity index is 907. The summed E-state index contributed by atoms with van der Waals surface area (Å²) in [6.07, 6.45) is 0.558. The van der Waals surface area contributed by atoms with Crippen LogP contribution in [0.2, 0.25) is 0 Å². The van der Waals surface area contributed by atoms with Gasteiger partial charge in [-0.25, -0.2) is 4.98 Å². The van der Waals surface area contributed by atoms with E-state index in [1.807, 2.05) is 48.2 Å². The Balaban J connectivity index is 1.61. The zero-order valence-electron chi connectivity index (χ0n) is 15.0. The van der Waals surface area contributed by atoms with Crippen LogP contribution in [0.5, 0.6) is 5.75 Å². The van der Waals surface area contributed by atoms with Crippen molar-refractivity contribution < 1.29 is 9.53 Å². The molecule has 142 valence electrons. The van der Waals surface area contributed by atoms with Gasteiger partial charge in [0.1, 0.15) is 11.6 Å². The number of amides is 1. The Morgan fingerprint density at radius 3 is 2.81 bits per heavy atom. The van der Waals surface area contributed by atoms with E-state index in [4.69, 9.17) is 10.5 Å². The van der Waals surface area contributed by atoms with Gasteiger partial charge < -0.3 is 20.4 Å². The van der Waals surface area contributed by atoms with Gasteiger partial charge in [-0.3, -0.25) is 4.79 Å². The predicted molar refractivity (Wildman–Crippen MR) is 107 cm³/mol. The third-order valence-corrected chi connectivity index (χ3v) is 5.43. The van der Waals surface area contributed by atoms with Crippen molar-refractivity contribution in [1.82, 2.24) is 19.7 Å². The number of hydrogen-bond acceptors (Lipinski definition) is 8. The predicted octanol–water partition coefficient (Wildman–Crippen LogP) is 2.58. The largest absolute Gasteiger partial charge is 0.494 e. The van der Waals surface area contributed by atoms with Crippen LogP contribution >= 0.6 is 23.1 Å². The van der Waals surface area contributed by atoms with Crippen molar-refractivity contribution in [2.75, 3.05) is 17.7 Å². The molecule has 3 N–H and O–H groups in total. The fourth-order valence-electron chi connectivity index (χ4n) is 2.29. The molecule has 27 heavy (non-hydrogen) atoms. The van der Waals surface area contributed by atoms with Crippen LogP contribution in [0, 0.1) is 0 Å². The van der Waals surface area contributed by atoms with Gasteiger partial charge in [0.25, 0.3) is 0 Å². The summed E-state index contributed by atoms with van der Waals surface area (Å²) in [5, 5.41) is 15.0. The number of nitrogens with zero attached hydrogens (tertiary/aromatic N) is 4. The van der Waals surface area contributed by atoms with E-state index in [-0.39, 0.29) is 11.7 Å². The first-order valence-electron chi connectivity index (χ1n) is 8.28. The minimum atomic E-state index is -0.381. The third kappa shape index (κ3) is 5.20. The molecule has 0 bridgehead atoms. The van der Waals surface area contributed by atoms with Crippen LogP contribution in [0.1, 0.15) is 18.4 Å². The summed E-state index contributed by atoms with van der Waals surface area (Å²) in [7, 11) is 1.87. The van der Waals surface area contributed by atoms with E-state index in [1.165, 1.54) is 23.1 Å². The number of rotatable bonds is 9. The molecule has 0 saturated carbocycles. The second-order valence-corrected chi connectivity index (χ2v) is 7.42. The van der Waals surface area contributed by atoms with Crippen LogP contribution in [-0.2, 0) is 18.3 Å². The first kappa shape index (κ1) is 19.2.